The molecule has 0 fully saturated rings. The monoisotopic (exact) mass is 352 g/mol. The minimum Gasteiger partial charge on any atom is -0.489 e. The third-order valence-corrected chi connectivity index (χ3v) is 5.17. The zero-order valence-electron chi connectivity index (χ0n) is 17.9. The lowest BCUT2D eigenvalue weighted by atomic mass is 9.69. The molecule has 0 aromatic heterocycles. The Bertz CT molecular complexity index is 691. The molecule has 0 spiro atoms. The molecule has 0 aliphatic heterocycles. The lowest BCUT2D eigenvalue weighted by Gasteiger charge is -2.36. The van der Waals surface area contributed by atoms with Gasteiger partial charge in [-0.2, -0.15) is 0 Å². The summed E-state index contributed by atoms with van der Waals surface area (Å²) >= 11 is 0. The van der Waals surface area contributed by atoms with E-state index in [9.17, 15) is 0 Å². The SMILES string of the molecule is Cc1cccc(C)c1COc1ccc(C(CC(C)(C)C)C(C)(C)C)cc1. The van der Waals surface area contributed by atoms with E-state index in [1.807, 2.05) is 0 Å². The Hall–Kier alpha value is -1.76. The van der Waals surface area contributed by atoms with Crippen LogP contribution < -0.4 is 4.74 Å². The summed E-state index contributed by atoms with van der Waals surface area (Å²) in [6, 6.07) is 15.2. The fourth-order valence-corrected chi connectivity index (χ4v) is 3.56. The van der Waals surface area contributed by atoms with Gasteiger partial charge >= 0.3 is 0 Å². The van der Waals surface area contributed by atoms with Crippen molar-refractivity contribution in [3.63, 3.8) is 0 Å². The first-order valence-electron chi connectivity index (χ1n) is 9.75. The lowest BCUT2D eigenvalue weighted by molar-refractivity contribution is 0.229. The van der Waals surface area contributed by atoms with Gasteiger partial charge in [-0.1, -0.05) is 71.9 Å². The van der Waals surface area contributed by atoms with Crippen molar-refractivity contribution in [2.75, 3.05) is 0 Å². The molecule has 26 heavy (non-hydrogen) atoms. The molecular formula is C25H36O. The fraction of sp³-hybridized carbons (Fsp3) is 0.520. The molecule has 2 aromatic carbocycles. The molecule has 0 aliphatic rings. The van der Waals surface area contributed by atoms with E-state index in [0.717, 1.165) is 5.75 Å². The molecule has 142 valence electrons. The van der Waals surface area contributed by atoms with Crippen molar-refractivity contribution in [3.05, 3.63) is 64.7 Å². The minimum atomic E-state index is 0.244. The first-order valence-corrected chi connectivity index (χ1v) is 9.75. The van der Waals surface area contributed by atoms with Gasteiger partial charge in [-0.15, -0.1) is 0 Å². The molecule has 0 radical (unpaired) electrons. The van der Waals surface area contributed by atoms with Gasteiger partial charge in [0.05, 0.1) is 0 Å². The average Bonchev–Trinajstić information content (AvgIpc) is 2.51. The molecule has 2 aromatic rings. The summed E-state index contributed by atoms with van der Waals surface area (Å²) in [5.41, 5.74) is 5.84. The smallest absolute Gasteiger partial charge is 0.119 e. The second kappa shape index (κ2) is 7.86. The van der Waals surface area contributed by atoms with Crippen molar-refractivity contribution in [2.24, 2.45) is 10.8 Å². The van der Waals surface area contributed by atoms with Crippen LogP contribution in [0.4, 0.5) is 0 Å². The first kappa shape index (κ1) is 20.6. The maximum Gasteiger partial charge on any atom is 0.119 e. The maximum atomic E-state index is 6.07. The third kappa shape index (κ3) is 5.62. The molecule has 0 amide bonds. The summed E-state index contributed by atoms with van der Waals surface area (Å²) in [5.74, 6) is 1.48. The van der Waals surface area contributed by atoms with Gasteiger partial charge in [0.25, 0.3) is 0 Å². The van der Waals surface area contributed by atoms with Crippen LogP contribution >= 0.6 is 0 Å². The van der Waals surface area contributed by atoms with E-state index in [1.54, 1.807) is 0 Å². The highest BCUT2D eigenvalue weighted by molar-refractivity contribution is 5.34. The van der Waals surface area contributed by atoms with Crippen LogP contribution in [0.5, 0.6) is 5.75 Å². The summed E-state index contributed by atoms with van der Waals surface area (Å²) in [4.78, 5) is 0. The van der Waals surface area contributed by atoms with Crippen molar-refractivity contribution < 1.29 is 4.74 Å². The van der Waals surface area contributed by atoms with Crippen LogP contribution in [0.3, 0.4) is 0 Å². The average molecular weight is 353 g/mol. The second-order valence-corrected chi connectivity index (χ2v) is 9.91. The van der Waals surface area contributed by atoms with E-state index in [1.165, 1.54) is 28.7 Å². The van der Waals surface area contributed by atoms with Gasteiger partial charge in [0.15, 0.2) is 0 Å². The van der Waals surface area contributed by atoms with Crippen LogP contribution in [0.1, 0.15) is 76.1 Å². The number of rotatable bonds is 5. The quantitative estimate of drug-likeness (QED) is 0.543. The Morgan fingerprint density at radius 2 is 1.35 bits per heavy atom. The molecule has 0 saturated carbocycles. The Morgan fingerprint density at radius 1 is 0.808 bits per heavy atom. The van der Waals surface area contributed by atoms with Gasteiger partial charge in [0, 0.05) is 0 Å². The number of aryl methyl sites for hydroxylation is 2. The molecule has 0 heterocycles. The van der Waals surface area contributed by atoms with E-state index in [0.29, 0.717) is 17.9 Å². The number of benzene rings is 2. The molecule has 0 aliphatic carbocycles. The van der Waals surface area contributed by atoms with Gasteiger partial charge in [-0.25, -0.2) is 0 Å². The number of ether oxygens (including phenoxy) is 1. The largest absolute Gasteiger partial charge is 0.489 e. The van der Waals surface area contributed by atoms with Gasteiger partial charge in [-0.3, -0.25) is 0 Å². The van der Waals surface area contributed by atoms with Crippen LogP contribution in [-0.4, -0.2) is 0 Å². The molecule has 1 unspecified atom stereocenters. The van der Waals surface area contributed by atoms with Crippen molar-refractivity contribution in [3.8, 4) is 5.75 Å². The fourth-order valence-electron chi connectivity index (χ4n) is 3.56. The van der Waals surface area contributed by atoms with E-state index in [-0.39, 0.29) is 5.41 Å². The number of hydrogen-bond donors (Lipinski definition) is 0. The molecule has 0 N–H and O–H groups in total. The Balaban J connectivity index is 2.13. The molecule has 0 saturated heterocycles. The van der Waals surface area contributed by atoms with Crippen molar-refractivity contribution >= 4 is 0 Å². The predicted octanol–water partition coefficient (Wildman–Crippen LogP) is 7.45. The second-order valence-electron chi connectivity index (χ2n) is 9.91. The molecular weight excluding hydrogens is 316 g/mol. The van der Waals surface area contributed by atoms with Crippen LogP contribution in [0.25, 0.3) is 0 Å². The Kier molecular flexibility index (Phi) is 6.21. The topological polar surface area (TPSA) is 9.23 Å². The van der Waals surface area contributed by atoms with Crippen molar-refractivity contribution in [1.82, 2.24) is 0 Å². The van der Waals surface area contributed by atoms with Crippen LogP contribution in [-0.2, 0) is 6.61 Å². The molecule has 1 heteroatoms. The maximum absolute atomic E-state index is 6.07. The molecule has 0 bridgehead atoms. The highest BCUT2D eigenvalue weighted by Gasteiger charge is 2.30. The van der Waals surface area contributed by atoms with Gasteiger partial charge in [0.1, 0.15) is 12.4 Å². The van der Waals surface area contributed by atoms with E-state index >= 15 is 0 Å². The molecule has 1 atom stereocenters. The highest BCUT2D eigenvalue weighted by atomic mass is 16.5. The van der Waals surface area contributed by atoms with Crippen molar-refractivity contribution in [1.29, 1.82) is 0 Å². The minimum absolute atomic E-state index is 0.244. The van der Waals surface area contributed by atoms with E-state index < -0.39 is 0 Å². The zero-order chi connectivity index (χ0) is 19.5. The van der Waals surface area contributed by atoms with Gasteiger partial charge in [-0.05, 0) is 71.4 Å². The van der Waals surface area contributed by atoms with E-state index in [2.05, 4.69) is 97.9 Å². The van der Waals surface area contributed by atoms with Crippen molar-refractivity contribution in [2.45, 2.75) is 74.3 Å². The summed E-state index contributed by atoms with van der Waals surface area (Å²) in [7, 11) is 0. The third-order valence-electron chi connectivity index (χ3n) is 5.17. The zero-order valence-corrected chi connectivity index (χ0v) is 17.9. The molecule has 2 rings (SSSR count). The normalized spacial score (nSPS) is 13.5. The van der Waals surface area contributed by atoms with Gasteiger partial charge < -0.3 is 4.74 Å². The predicted molar refractivity (Wildman–Crippen MR) is 113 cm³/mol. The Morgan fingerprint density at radius 3 is 1.81 bits per heavy atom. The van der Waals surface area contributed by atoms with Crippen LogP contribution in [0, 0.1) is 24.7 Å². The van der Waals surface area contributed by atoms with E-state index in [4.69, 9.17) is 4.74 Å². The van der Waals surface area contributed by atoms with Crippen LogP contribution in [0.15, 0.2) is 42.5 Å². The molecule has 1 nitrogen and oxygen atoms in total. The highest BCUT2D eigenvalue weighted by Crippen LogP contribution is 2.43. The summed E-state index contributed by atoms with van der Waals surface area (Å²) in [5, 5.41) is 0. The Labute approximate surface area is 160 Å². The standard InChI is InChI=1S/C25H36O/c1-18-10-9-11-19(2)22(18)17-26-21-14-12-20(13-15-21)23(25(6,7)8)16-24(3,4)5/h9-15,23H,16-17H2,1-8H3. The van der Waals surface area contributed by atoms with Gasteiger partial charge in [0.2, 0.25) is 0 Å². The lowest BCUT2D eigenvalue weighted by Crippen LogP contribution is -2.23. The number of hydrogen-bond acceptors (Lipinski definition) is 1. The first-order chi connectivity index (χ1) is 12.0. The summed E-state index contributed by atoms with van der Waals surface area (Å²) < 4.78 is 6.07. The summed E-state index contributed by atoms with van der Waals surface area (Å²) in [6.45, 7) is 18.9. The summed E-state index contributed by atoms with van der Waals surface area (Å²) in [6.07, 6.45) is 1.18. The van der Waals surface area contributed by atoms with Crippen LogP contribution in [0.2, 0.25) is 0 Å².